The lowest BCUT2D eigenvalue weighted by Crippen LogP contribution is -2.37. The third-order valence-corrected chi connectivity index (χ3v) is 8.20. The van der Waals surface area contributed by atoms with Crippen molar-refractivity contribution in [3.8, 4) is 0 Å². The highest BCUT2D eigenvalue weighted by atomic mass is 14.5. The van der Waals surface area contributed by atoms with Gasteiger partial charge in [-0.05, 0) is 55.3 Å². The Kier molecular flexibility index (Phi) is 7.54. The van der Waals surface area contributed by atoms with E-state index >= 15 is 0 Å². The summed E-state index contributed by atoms with van der Waals surface area (Å²) in [6.07, 6.45) is 29.3. The Morgan fingerprint density at radius 2 is 1.29 bits per heavy atom. The molecule has 0 aromatic rings. The van der Waals surface area contributed by atoms with Crippen LogP contribution in [0.3, 0.4) is 0 Å². The van der Waals surface area contributed by atoms with Crippen molar-refractivity contribution in [2.75, 3.05) is 0 Å². The van der Waals surface area contributed by atoms with Crippen LogP contribution in [0, 0.1) is 23.2 Å². The Labute approximate surface area is 152 Å². The van der Waals surface area contributed by atoms with Gasteiger partial charge in [0.15, 0.2) is 0 Å². The summed E-state index contributed by atoms with van der Waals surface area (Å²) < 4.78 is 0. The Hall–Kier alpha value is 0. The van der Waals surface area contributed by atoms with E-state index in [-0.39, 0.29) is 0 Å². The molecule has 0 aromatic carbocycles. The maximum Gasteiger partial charge on any atom is -0.0267 e. The molecule has 0 amide bonds. The van der Waals surface area contributed by atoms with Gasteiger partial charge in [0.2, 0.25) is 0 Å². The molecule has 24 heavy (non-hydrogen) atoms. The van der Waals surface area contributed by atoms with Crippen LogP contribution in [0.2, 0.25) is 0 Å². The summed E-state index contributed by atoms with van der Waals surface area (Å²) in [6.45, 7) is 2.34. The molecule has 0 spiro atoms. The zero-order valence-electron chi connectivity index (χ0n) is 16.7. The lowest BCUT2D eigenvalue weighted by atomic mass is 9.57. The zero-order chi connectivity index (χ0) is 16.7. The molecule has 0 N–H and O–H groups in total. The molecule has 0 nitrogen and oxygen atoms in total. The van der Waals surface area contributed by atoms with E-state index in [0.29, 0.717) is 0 Å². The molecule has 3 saturated carbocycles. The van der Waals surface area contributed by atoms with Crippen molar-refractivity contribution in [1.29, 1.82) is 0 Å². The molecular weight excluding hydrogens is 288 g/mol. The fourth-order valence-electron chi connectivity index (χ4n) is 6.73. The zero-order valence-corrected chi connectivity index (χ0v) is 16.7. The summed E-state index contributed by atoms with van der Waals surface area (Å²) in [4.78, 5) is 0. The van der Waals surface area contributed by atoms with Gasteiger partial charge in [-0.2, -0.15) is 0 Å². The van der Waals surface area contributed by atoms with Gasteiger partial charge in [0.05, 0.1) is 0 Å². The summed E-state index contributed by atoms with van der Waals surface area (Å²) >= 11 is 0. The van der Waals surface area contributed by atoms with E-state index in [9.17, 15) is 0 Å². The molecule has 0 aromatic heterocycles. The van der Waals surface area contributed by atoms with E-state index in [1.807, 2.05) is 0 Å². The molecule has 0 heteroatoms. The summed E-state index contributed by atoms with van der Waals surface area (Å²) in [5.74, 6) is 3.28. The molecule has 140 valence electrons. The average Bonchev–Trinajstić information content (AvgIpc) is 2.65. The van der Waals surface area contributed by atoms with Gasteiger partial charge in [0.25, 0.3) is 0 Å². The van der Waals surface area contributed by atoms with E-state index in [1.54, 1.807) is 70.6 Å². The third kappa shape index (κ3) is 5.01. The van der Waals surface area contributed by atoms with Gasteiger partial charge in [0.1, 0.15) is 0 Å². The van der Waals surface area contributed by atoms with Crippen LogP contribution in [0.15, 0.2) is 0 Å². The first-order chi connectivity index (χ1) is 11.8. The van der Waals surface area contributed by atoms with E-state index < -0.39 is 0 Å². The van der Waals surface area contributed by atoms with Gasteiger partial charge in [-0.3, -0.25) is 0 Å². The van der Waals surface area contributed by atoms with Gasteiger partial charge in [0, 0.05) is 0 Å². The third-order valence-electron chi connectivity index (χ3n) is 8.20. The molecule has 3 fully saturated rings. The van der Waals surface area contributed by atoms with Gasteiger partial charge in [-0.15, -0.1) is 0 Å². The first-order valence-electron chi connectivity index (χ1n) is 11.8. The molecule has 0 heterocycles. The second kappa shape index (κ2) is 9.63. The van der Waals surface area contributed by atoms with Gasteiger partial charge < -0.3 is 0 Å². The van der Waals surface area contributed by atoms with E-state index in [0.717, 1.165) is 23.2 Å². The van der Waals surface area contributed by atoms with Crippen LogP contribution in [0.25, 0.3) is 0 Å². The Balaban J connectivity index is 1.50. The monoisotopic (exact) mass is 332 g/mol. The van der Waals surface area contributed by atoms with Crippen molar-refractivity contribution in [2.45, 2.75) is 129 Å². The van der Waals surface area contributed by atoms with Crippen molar-refractivity contribution in [2.24, 2.45) is 23.2 Å². The van der Waals surface area contributed by atoms with Crippen molar-refractivity contribution in [3.63, 3.8) is 0 Å². The highest BCUT2D eigenvalue weighted by molar-refractivity contribution is 4.92. The van der Waals surface area contributed by atoms with E-state index in [1.165, 1.54) is 51.4 Å². The molecular formula is C24H44. The number of unbranched alkanes of at least 4 members (excludes halogenated alkanes) is 2. The first-order valence-corrected chi connectivity index (χ1v) is 11.8. The number of hydrogen-bond donors (Lipinski definition) is 0. The van der Waals surface area contributed by atoms with Crippen molar-refractivity contribution < 1.29 is 0 Å². The maximum absolute atomic E-state index is 2.34. The van der Waals surface area contributed by atoms with E-state index in [4.69, 9.17) is 0 Å². The predicted octanol–water partition coefficient (Wildman–Crippen LogP) is 8.29. The smallest absolute Gasteiger partial charge is 0.0267 e. The first kappa shape index (κ1) is 18.8. The average molecular weight is 333 g/mol. The largest absolute Gasteiger partial charge is 0.0654 e. The normalized spacial score (nSPS) is 31.9. The molecule has 0 atom stereocenters. The molecule has 0 unspecified atom stereocenters. The van der Waals surface area contributed by atoms with Crippen molar-refractivity contribution in [3.05, 3.63) is 0 Å². The second-order valence-corrected chi connectivity index (χ2v) is 9.84. The summed E-state index contributed by atoms with van der Waals surface area (Å²) in [5, 5.41) is 0. The molecule has 3 aliphatic rings. The van der Waals surface area contributed by atoms with Crippen LogP contribution < -0.4 is 0 Å². The summed E-state index contributed by atoms with van der Waals surface area (Å²) in [7, 11) is 0. The Bertz CT molecular complexity index is 324. The van der Waals surface area contributed by atoms with E-state index in [2.05, 4.69) is 6.92 Å². The van der Waals surface area contributed by atoms with Crippen LogP contribution in [0.1, 0.15) is 129 Å². The SMILES string of the molecule is CCCCCC1CCC(CC2(C3CCCCC3)CCCCC2)CC1. The van der Waals surface area contributed by atoms with Crippen LogP contribution in [-0.4, -0.2) is 0 Å². The Morgan fingerprint density at radius 3 is 1.96 bits per heavy atom. The van der Waals surface area contributed by atoms with Crippen LogP contribution in [0.4, 0.5) is 0 Å². The Morgan fingerprint density at radius 1 is 0.667 bits per heavy atom. The lowest BCUT2D eigenvalue weighted by Gasteiger charge is -2.48. The van der Waals surface area contributed by atoms with Crippen molar-refractivity contribution in [1.82, 2.24) is 0 Å². The molecule has 0 bridgehead atoms. The molecule has 3 rings (SSSR count). The predicted molar refractivity (Wildman–Crippen MR) is 106 cm³/mol. The minimum atomic E-state index is 0.790. The van der Waals surface area contributed by atoms with Gasteiger partial charge >= 0.3 is 0 Å². The van der Waals surface area contributed by atoms with Crippen LogP contribution >= 0.6 is 0 Å². The number of rotatable bonds is 7. The summed E-state index contributed by atoms with van der Waals surface area (Å²) in [5.41, 5.74) is 0.790. The fraction of sp³-hybridized carbons (Fsp3) is 1.00. The standard InChI is InChI=1S/C24H44/c1-2-3-6-11-21-14-16-22(17-15-21)20-24(18-9-5-10-19-24)23-12-7-4-8-13-23/h21-23H,2-20H2,1H3. The minimum Gasteiger partial charge on any atom is -0.0654 e. The van der Waals surface area contributed by atoms with Crippen LogP contribution in [0.5, 0.6) is 0 Å². The molecule has 0 aliphatic heterocycles. The van der Waals surface area contributed by atoms with Gasteiger partial charge in [-0.1, -0.05) is 96.8 Å². The quantitative estimate of drug-likeness (QED) is 0.411. The summed E-state index contributed by atoms with van der Waals surface area (Å²) in [6, 6.07) is 0. The highest BCUT2D eigenvalue weighted by Gasteiger charge is 2.41. The molecule has 0 radical (unpaired) electrons. The van der Waals surface area contributed by atoms with Crippen LogP contribution in [-0.2, 0) is 0 Å². The van der Waals surface area contributed by atoms with Gasteiger partial charge in [-0.25, -0.2) is 0 Å². The minimum absolute atomic E-state index is 0.790. The molecule has 3 aliphatic carbocycles. The lowest BCUT2D eigenvalue weighted by molar-refractivity contribution is 0.0294. The highest BCUT2D eigenvalue weighted by Crippen LogP contribution is 2.53. The maximum atomic E-state index is 2.34. The van der Waals surface area contributed by atoms with Crippen molar-refractivity contribution >= 4 is 0 Å². The fourth-order valence-corrected chi connectivity index (χ4v) is 6.73. The molecule has 0 saturated heterocycles. The number of hydrogen-bond acceptors (Lipinski definition) is 0. The topological polar surface area (TPSA) is 0 Å². The second-order valence-electron chi connectivity index (χ2n) is 9.84.